The maximum absolute atomic E-state index is 11.9. The van der Waals surface area contributed by atoms with Crippen LogP contribution in [0.3, 0.4) is 0 Å². The van der Waals surface area contributed by atoms with Gasteiger partial charge in [-0.1, -0.05) is 13.8 Å². The Morgan fingerprint density at radius 2 is 1.80 bits per heavy atom. The molecule has 0 spiro atoms. The monoisotopic (exact) mass is 279 g/mol. The van der Waals surface area contributed by atoms with Crippen molar-refractivity contribution in [1.82, 2.24) is 15.6 Å². The molecule has 2 amide bonds. The van der Waals surface area contributed by atoms with Crippen molar-refractivity contribution >= 4 is 12.0 Å². The lowest BCUT2D eigenvalue weighted by molar-refractivity contribution is -0.137. The number of aromatic nitrogens is 1. The van der Waals surface area contributed by atoms with Gasteiger partial charge in [0.2, 0.25) is 0 Å². The summed E-state index contributed by atoms with van der Waals surface area (Å²) in [6.45, 7) is 5.61. The van der Waals surface area contributed by atoms with E-state index in [1.165, 1.54) is 0 Å². The van der Waals surface area contributed by atoms with Gasteiger partial charge >= 0.3 is 12.0 Å². The molecule has 6 heteroatoms. The quantitative estimate of drug-likeness (QED) is 0.742. The second-order valence-corrected chi connectivity index (χ2v) is 5.07. The van der Waals surface area contributed by atoms with Crippen LogP contribution in [0.25, 0.3) is 0 Å². The Morgan fingerprint density at radius 1 is 1.20 bits per heavy atom. The Labute approximate surface area is 118 Å². The maximum atomic E-state index is 11.9. The highest BCUT2D eigenvalue weighted by molar-refractivity contribution is 5.76. The molecule has 0 saturated carbocycles. The minimum absolute atomic E-state index is 0.0491. The summed E-state index contributed by atoms with van der Waals surface area (Å²) in [5, 5.41) is 14.3. The Kier molecular flexibility index (Phi) is 5.96. The van der Waals surface area contributed by atoms with Crippen LogP contribution in [0.5, 0.6) is 0 Å². The first-order valence-electron chi connectivity index (χ1n) is 6.59. The van der Waals surface area contributed by atoms with Crippen LogP contribution in [0.2, 0.25) is 0 Å². The van der Waals surface area contributed by atoms with E-state index in [1.807, 2.05) is 32.9 Å². The fourth-order valence-electron chi connectivity index (χ4n) is 1.78. The normalized spacial score (nSPS) is 13.6. The number of hydrogen-bond acceptors (Lipinski definition) is 3. The van der Waals surface area contributed by atoms with Crippen molar-refractivity contribution in [2.45, 2.75) is 39.3 Å². The molecule has 20 heavy (non-hydrogen) atoms. The molecule has 0 bridgehead atoms. The number of carboxylic acid groups (broad SMARTS) is 1. The van der Waals surface area contributed by atoms with E-state index in [1.54, 1.807) is 12.4 Å². The Bertz CT molecular complexity index is 448. The highest BCUT2D eigenvalue weighted by Gasteiger charge is 2.20. The summed E-state index contributed by atoms with van der Waals surface area (Å²) in [6.07, 6.45) is 3.23. The van der Waals surface area contributed by atoms with Crippen LogP contribution in [0.1, 0.15) is 38.8 Å². The molecule has 2 atom stereocenters. The minimum atomic E-state index is -0.925. The van der Waals surface area contributed by atoms with Crippen molar-refractivity contribution in [3.05, 3.63) is 30.1 Å². The molecule has 1 aromatic rings. The molecule has 1 aromatic heterocycles. The summed E-state index contributed by atoms with van der Waals surface area (Å²) in [5.41, 5.74) is 0.939. The summed E-state index contributed by atoms with van der Waals surface area (Å²) in [4.78, 5) is 26.6. The smallest absolute Gasteiger partial charge is 0.315 e. The highest BCUT2D eigenvalue weighted by Crippen LogP contribution is 2.11. The predicted molar refractivity (Wildman–Crippen MR) is 75.2 cm³/mol. The predicted octanol–water partition coefficient (Wildman–Crippen LogP) is 1.94. The molecule has 0 aliphatic heterocycles. The van der Waals surface area contributed by atoms with E-state index >= 15 is 0 Å². The number of amides is 2. The van der Waals surface area contributed by atoms with Gasteiger partial charge in [0.1, 0.15) is 0 Å². The third-order valence-electron chi connectivity index (χ3n) is 3.07. The molecule has 0 radical (unpaired) electrons. The standard InChI is InChI=1S/C14H21N3O3/c1-9(2)12(8-13(18)19)17-14(20)16-10(3)11-4-6-15-7-5-11/h4-7,9-10,12H,8H2,1-3H3,(H,18,19)(H2,16,17,20). The zero-order valence-electron chi connectivity index (χ0n) is 12.0. The number of nitrogens with zero attached hydrogens (tertiary/aromatic N) is 1. The van der Waals surface area contributed by atoms with E-state index in [9.17, 15) is 9.59 Å². The molecule has 0 fully saturated rings. The Morgan fingerprint density at radius 3 is 2.30 bits per heavy atom. The highest BCUT2D eigenvalue weighted by atomic mass is 16.4. The van der Waals surface area contributed by atoms with E-state index in [-0.39, 0.29) is 24.4 Å². The van der Waals surface area contributed by atoms with Crippen molar-refractivity contribution in [2.24, 2.45) is 5.92 Å². The molecule has 0 aliphatic rings. The summed E-state index contributed by atoms with van der Waals surface area (Å²) in [5.74, 6) is -0.876. The number of aliphatic carboxylic acids is 1. The topological polar surface area (TPSA) is 91.3 Å². The first kappa shape index (κ1) is 15.9. The number of carbonyl (C=O) groups excluding carboxylic acids is 1. The van der Waals surface area contributed by atoms with Crippen molar-refractivity contribution in [3.63, 3.8) is 0 Å². The van der Waals surface area contributed by atoms with Gasteiger partial charge < -0.3 is 15.7 Å². The molecule has 1 heterocycles. The van der Waals surface area contributed by atoms with Gasteiger partial charge in [-0.25, -0.2) is 4.79 Å². The van der Waals surface area contributed by atoms with Gasteiger partial charge in [-0.3, -0.25) is 9.78 Å². The van der Waals surface area contributed by atoms with Crippen LogP contribution in [0.4, 0.5) is 4.79 Å². The number of urea groups is 1. The molecule has 0 saturated heterocycles. The van der Waals surface area contributed by atoms with Gasteiger partial charge in [-0.2, -0.15) is 0 Å². The SMILES string of the molecule is CC(NC(=O)NC(CC(=O)O)C(C)C)c1ccncc1. The fraction of sp³-hybridized carbons (Fsp3) is 0.500. The third kappa shape index (κ3) is 5.26. The van der Waals surface area contributed by atoms with E-state index in [0.717, 1.165) is 5.56 Å². The lowest BCUT2D eigenvalue weighted by Gasteiger charge is -2.22. The molecule has 2 unspecified atom stereocenters. The van der Waals surface area contributed by atoms with E-state index in [2.05, 4.69) is 15.6 Å². The molecule has 6 nitrogen and oxygen atoms in total. The van der Waals surface area contributed by atoms with Crippen LogP contribution < -0.4 is 10.6 Å². The van der Waals surface area contributed by atoms with Crippen molar-refractivity contribution in [2.75, 3.05) is 0 Å². The first-order chi connectivity index (χ1) is 9.40. The van der Waals surface area contributed by atoms with Crippen molar-refractivity contribution in [3.8, 4) is 0 Å². The maximum Gasteiger partial charge on any atom is 0.315 e. The lowest BCUT2D eigenvalue weighted by atomic mass is 10.0. The first-order valence-corrected chi connectivity index (χ1v) is 6.59. The summed E-state index contributed by atoms with van der Waals surface area (Å²) >= 11 is 0. The van der Waals surface area contributed by atoms with Crippen molar-refractivity contribution in [1.29, 1.82) is 0 Å². The van der Waals surface area contributed by atoms with Gasteiger partial charge in [0.15, 0.2) is 0 Å². The van der Waals surface area contributed by atoms with Gasteiger partial charge in [0.05, 0.1) is 12.5 Å². The third-order valence-corrected chi connectivity index (χ3v) is 3.07. The van der Waals surface area contributed by atoms with Crippen molar-refractivity contribution < 1.29 is 14.7 Å². The molecular weight excluding hydrogens is 258 g/mol. The second kappa shape index (κ2) is 7.47. The number of carboxylic acids is 1. The molecule has 0 aliphatic carbocycles. The average molecular weight is 279 g/mol. The Balaban J connectivity index is 2.55. The molecule has 1 rings (SSSR count). The van der Waals surface area contributed by atoms with E-state index in [0.29, 0.717) is 0 Å². The molecule has 3 N–H and O–H groups in total. The fourth-order valence-corrected chi connectivity index (χ4v) is 1.78. The molecule has 0 aromatic carbocycles. The number of hydrogen-bond donors (Lipinski definition) is 3. The number of rotatable bonds is 6. The molecular formula is C14H21N3O3. The van der Waals surface area contributed by atoms with Gasteiger partial charge in [0, 0.05) is 18.4 Å². The van der Waals surface area contributed by atoms with Crippen LogP contribution in [0.15, 0.2) is 24.5 Å². The van der Waals surface area contributed by atoms with E-state index < -0.39 is 12.0 Å². The minimum Gasteiger partial charge on any atom is -0.481 e. The zero-order valence-corrected chi connectivity index (χ0v) is 12.0. The molecule has 110 valence electrons. The van der Waals surface area contributed by atoms with Crippen LogP contribution in [-0.4, -0.2) is 28.1 Å². The van der Waals surface area contributed by atoms with Gasteiger partial charge in [-0.05, 0) is 30.5 Å². The number of nitrogens with one attached hydrogen (secondary N) is 2. The van der Waals surface area contributed by atoms with Crippen LogP contribution in [0, 0.1) is 5.92 Å². The summed E-state index contributed by atoms with van der Waals surface area (Å²) in [6, 6.07) is 2.71. The lowest BCUT2D eigenvalue weighted by Crippen LogP contribution is -2.46. The van der Waals surface area contributed by atoms with E-state index in [4.69, 9.17) is 5.11 Å². The Hall–Kier alpha value is -2.11. The zero-order chi connectivity index (χ0) is 15.1. The van der Waals surface area contributed by atoms with Gasteiger partial charge in [-0.15, -0.1) is 0 Å². The number of carbonyl (C=O) groups is 2. The second-order valence-electron chi connectivity index (χ2n) is 5.07. The van der Waals surface area contributed by atoms with Crippen LogP contribution >= 0.6 is 0 Å². The number of pyridine rings is 1. The largest absolute Gasteiger partial charge is 0.481 e. The average Bonchev–Trinajstić information content (AvgIpc) is 2.38. The summed E-state index contributed by atoms with van der Waals surface area (Å²) < 4.78 is 0. The summed E-state index contributed by atoms with van der Waals surface area (Å²) in [7, 11) is 0. The van der Waals surface area contributed by atoms with Gasteiger partial charge in [0.25, 0.3) is 0 Å². The van der Waals surface area contributed by atoms with Crippen LogP contribution in [-0.2, 0) is 4.79 Å².